The van der Waals surface area contributed by atoms with Crippen molar-refractivity contribution in [3.05, 3.63) is 52.6 Å². The van der Waals surface area contributed by atoms with Crippen LogP contribution in [0.3, 0.4) is 0 Å². The first-order valence-electron chi connectivity index (χ1n) is 13.1. The van der Waals surface area contributed by atoms with E-state index in [-0.39, 0.29) is 17.7 Å². The lowest BCUT2D eigenvalue weighted by atomic mass is 9.93. The van der Waals surface area contributed by atoms with Gasteiger partial charge in [-0.25, -0.2) is 14.5 Å². The molecule has 1 aliphatic heterocycles. The van der Waals surface area contributed by atoms with Gasteiger partial charge in [0.25, 0.3) is 5.56 Å². The number of nitrogens with one attached hydrogen (secondary N) is 1. The summed E-state index contributed by atoms with van der Waals surface area (Å²) in [5.41, 5.74) is 3.76. The average Bonchev–Trinajstić information content (AvgIpc) is 3.59. The Labute approximate surface area is 214 Å². The number of pyridine rings is 2. The highest BCUT2D eigenvalue weighted by Gasteiger charge is 2.26. The van der Waals surface area contributed by atoms with Crippen LogP contribution in [0.15, 0.2) is 41.5 Å². The van der Waals surface area contributed by atoms with Crippen LogP contribution in [0.5, 0.6) is 0 Å². The van der Waals surface area contributed by atoms with Crippen LogP contribution in [0.25, 0.3) is 27.9 Å². The van der Waals surface area contributed by atoms with E-state index < -0.39 is 0 Å². The molecule has 4 aromatic rings. The zero-order chi connectivity index (χ0) is 25.4. The molecular weight excluding hydrogens is 468 g/mol. The van der Waals surface area contributed by atoms with E-state index >= 15 is 0 Å². The van der Waals surface area contributed by atoms with Crippen molar-refractivity contribution in [1.82, 2.24) is 29.0 Å². The molecule has 6 rings (SSSR count). The van der Waals surface area contributed by atoms with Gasteiger partial charge in [0.2, 0.25) is 0 Å². The summed E-state index contributed by atoms with van der Waals surface area (Å²) in [5, 5.41) is 27.1. The molecule has 0 radical (unpaired) electrons. The third-order valence-corrected chi connectivity index (χ3v) is 7.61. The normalized spacial score (nSPS) is 20.4. The van der Waals surface area contributed by atoms with Gasteiger partial charge in [0, 0.05) is 30.9 Å². The van der Waals surface area contributed by atoms with Gasteiger partial charge >= 0.3 is 0 Å². The number of hydrogen-bond acceptors (Lipinski definition) is 8. The van der Waals surface area contributed by atoms with Crippen LogP contribution in [-0.2, 0) is 0 Å². The van der Waals surface area contributed by atoms with Crippen molar-refractivity contribution in [3.63, 3.8) is 0 Å². The van der Waals surface area contributed by atoms with Gasteiger partial charge in [-0.05, 0) is 75.9 Å². The molecule has 0 bridgehead atoms. The monoisotopic (exact) mass is 498 g/mol. The zero-order valence-corrected chi connectivity index (χ0v) is 20.7. The molecular formula is C27H30N8O2. The summed E-state index contributed by atoms with van der Waals surface area (Å²) >= 11 is 0. The molecule has 0 aromatic carbocycles. The van der Waals surface area contributed by atoms with E-state index in [4.69, 9.17) is 4.98 Å². The highest BCUT2D eigenvalue weighted by Crippen LogP contribution is 2.31. The number of rotatable bonds is 6. The minimum Gasteiger partial charge on any atom is -0.393 e. The first kappa shape index (κ1) is 23.6. The van der Waals surface area contributed by atoms with Crippen molar-refractivity contribution >= 4 is 22.5 Å². The summed E-state index contributed by atoms with van der Waals surface area (Å²) in [4.78, 5) is 25.8. The number of aliphatic hydroxyl groups excluding tert-OH is 1. The second-order valence-electron chi connectivity index (χ2n) is 10.0. The van der Waals surface area contributed by atoms with Crippen LogP contribution in [0.1, 0.15) is 50.1 Å². The van der Waals surface area contributed by atoms with Crippen molar-refractivity contribution in [1.29, 1.82) is 5.26 Å². The maximum absolute atomic E-state index is 13.8. The molecule has 2 aliphatic rings. The Morgan fingerprint density at radius 1 is 1.11 bits per heavy atom. The molecule has 2 fully saturated rings. The molecule has 10 heteroatoms. The molecule has 0 atom stereocenters. The summed E-state index contributed by atoms with van der Waals surface area (Å²) in [7, 11) is 0. The van der Waals surface area contributed by atoms with Gasteiger partial charge in [-0.15, -0.1) is 0 Å². The van der Waals surface area contributed by atoms with Crippen LogP contribution in [-0.4, -0.2) is 66.4 Å². The summed E-state index contributed by atoms with van der Waals surface area (Å²) in [6, 6.07) is 9.41. The lowest BCUT2D eigenvalue weighted by Gasteiger charge is -2.28. The van der Waals surface area contributed by atoms with E-state index in [0.29, 0.717) is 60.5 Å². The number of nitrogens with zero attached hydrogens (tertiary/aromatic N) is 7. The Kier molecular flexibility index (Phi) is 6.32. The van der Waals surface area contributed by atoms with E-state index in [9.17, 15) is 15.2 Å². The Morgan fingerprint density at radius 3 is 2.70 bits per heavy atom. The second kappa shape index (κ2) is 9.92. The van der Waals surface area contributed by atoms with E-state index in [1.165, 1.54) is 12.8 Å². The number of aliphatic hydroxyl groups is 1. The topological polar surface area (TPSA) is 124 Å². The highest BCUT2D eigenvalue weighted by molar-refractivity contribution is 5.83. The van der Waals surface area contributed by atoms with Gasteiger partial charge in [-0.2, -0.15) is 10.4 Å². The van der Waals surface area contributed by atoms with Crippen molar-refractivity contribution in [2.75, 3.05) is 31.5 Å². The van der Waals surface area contributed by atoms with Gasteiger partial charge in [0.15, 0.2) is 11.5 Å². The molecule has 0 spiro atoms. The second-order valence-corrected chi connectivity index (χ2v) is 10.0. The summed E-state index contributed by atoms with van der Waals surface area (Å²) in [6.07, 6.45) is 8.35. The van der Waals surface area contributed by atoms with Crippen molar-refractivity contribution in [2.45, 2.75) is 50.7 Å². The highest BCUT2D eigenvalue weighted by atomic mass is 16.3. The molecule has 4 aromatic heterocycles. The van der Waals surface area contributed by atoms with Crippen LogP contribution in [0, 0.1) is 11.3 Å². The van der Waals surface area contributed by atoms with E-state index in [1.54, 1.807) is 33.6 Å². The fraction of sp³-hybridized carbons (Fsp3) is 0.444. The van der Waals surface area contributed by atoms with E-state index in [1.807, 2.05) is 12.1 Å². The zero-order valence-electron chi connectivity index (χ0n) is 20.7. The minimum atomic E-state index is -0.324. The molecule has 1 saturated carbocycles. The largest absolute Gasteiger partial charge is 0.393 e. The summed E-state index contributed by atoms with van der Waals surface area (Å²) in [6.45, 7) is 3.75. The van der Waals surface area contributed by atoms with Crippen LogP contribution >= 0.6 is 0 Å². The molecule has 1 aliphatic carbocycles. The Balaban J connectivity index is 1.42. The quantitative estimate of drug-likeness (QED) is 0.416. The molecule has 190 valence electrons. The molecule has 1 saturated heterocycles. The van der Waals surface area contributed by atoms with Gasteiger partial charge < -0.3 is 15.3 Å². The van der Waals surface area contributed by atoms with E-state index in [2.05, 4.69) is 26.4 Å². The van der Waals surface area contributed by atoms with Gasteiger partial charge in [0.1, 0.15) is 5.52 Å². The number of nitriles is 1. The molecule has 0 unspecified atom stereocenters. The predicted octanol–water partition coefficient (Wildman–Crippen LogP) is 2.96. The average molecular weight is 499 g/mol. The summed E-state index contributed by atoms with van der Waals surface area (Å²) in [5.74, 6) is 0.349. The molecule has 10 nitrogen and oxygen atoms in total. The molecule has 5 heterocycles. The number of anilines is 1. The van der Waals surface area contributed by atoms with Gasteiger partial charge in [-0.1, -0.05) is 0 Å². The fourth-order valence-electron chi connectivity index (χ4n) is 5.59. The Morgan fingerprint density at radius 2 is 1.92 bits per heavy atom. The summed E-state index contributed by atoms with van der Waals surface area (Å²) < 4.78 is 3.49. The number of likely N-dealkylation sites (tertiary alicyclic amines) is 1. The number of aromatic nitrogens is 5. The van der Waals surface area contributed by atoms with E-state index in [0.717, 1.165) is 30.7 Å². The van der Waals surface area contributed by atoms with Crippen LogP contribution in [0.4, 0.5) is 5.82 Å². The lowest BCUT2D eigenvalue weighted by Crippen LogP contribution is -2.34. The van der Waals surface area contributed by atoms with Crippen LogP contribution < -0.4 is 10.9 Å². The maximum Gasteiger partial charge on any atom is 0.295 e. The molecule has 37 heavy (non-hydrogen) atoms. The predicted molar refractivity (Wildman–Crippen MR) is 140 cm³/mol. The number of fused-ring (bicyclic) bond motifs is 2. The lowest BCUT2D eigenvalue weighted by molar-refractivity contribution is 0.111. The van der Waals surface area contributed by atoms with Crippen LogP contribution in [0.2, 0.25) is 0 Å². The van der Waals surface area contributed by atoms with Crippen molar-refractivity contribution in [3.8, 4) is 17.3 Å². The maximum atomic E-state index is 13.8. The minimum absolute atomic E-state index is 0.0580. The van der Waals surface area contributed by atoms with Crippen molar-refractivity contribution in [2.24, 2.45) is 0 Å². The first-order chi connectivity index (χ1) is 18.1. The van der Waals surface area contributed by atoms with Gasteiger partial charge in [0.05, 0.1) is 35.1 Å². The van der Waals surface area contributed by atoms with Crippen molar-refractivity contribution < 1.29 is 5.11 Å². The first-order valence-corrected chi connectivity index (χ1v) is 13.1. The SMILES string of the molecule is N#Cc1ccn2ncc(-c3ccc4nc(NCCN5CCCC5)c(=O)n([C@H]5CC[C@H](O)CC5)c4n3)c2c1. The van der Waals surface area contributed by atoms with Gasteiger partial charge in [-0.3, -0.25) is 9.36 Å². The molecule has 0 amide bonds. The third-order valence-electron chi connectivity index (χ3n) is 7.61. The fourth-order valence-corrected chi connectivity index (χ4v) is 5.59. The Hall–Kier alpha value is -3.81. The molecule has 2 N–H and O–H groups in total. The standard InChI is InChI=1S/C27H30N8O2/c28-16-18-9-13-34-24(15-18)21(17-30-34)22-7-8-23-26(32-22)35(19-3-5-20(36)6-4-19)27(37)25(31-23)29-10-14-33-11-1-2-12-33/h7-9,13,15,17,19-20,36H,1-6,10-12,14H2,(H,29,31)/t19-,20-. The smallest absolute Gasteiger partial charge is 0.295 e. The third kappa shape index (κ3) is 4.56. The number of hydrogen-bond donors (Lipinski definition) is 2. The Bertz CT molecular complexity index is 1540.